The maximum Gasteiger partial charge on any atom is 0.416 e. The van der Waals surface area contributed by atoms with Crippen molar-refractivity contribution in [2.75, 3.05) is 18.1 Å². The molecular formula is C18H22F3N2O8P. The number of anilines is 1. The van der Waals surface area contributed by atoms with Crippen molar-refractivity contribution in [3.05, 3.63) is 33.4 Å². The number of alkyl halides is 3. The predicted molar refractivity (Wildman–Crippen MR) is 105 cm³/mol. The first-order valence-electron chi connectivity index (χ1n) is 9.60. The van der Waals surface area contributed by atoms with E-state index in [1.807, 2.05) is 0 Å². The number of rotatable bonds is 6. The lowest BCUT2D eigenvalue weighted by molar-refractivity contribution is -0.384. The summed E-state index contributed by atoms with van der Waals surface area (Å²) >= 11 is 0. The van der Waals surface area contributed by atoms with E-state index in [1.54, 1.807) is 6.92 Å². The van der Waals surface area contributed by atoms with Gasteiger partial charge in [0.1, 0.15) is 5.69 Å². The molecule has 0 aliphatic carbocycles. The van der Waals surface area contributed by atoms with Crippen molar-refractivity contribution in [2.45, 2.75) is 51.6 Å². The average molecular weight is 482 g/mol. The fraction of sp³-hybridized carbons (Fsp3) is 0.556. The van der Waals surface area contributed by atoms with Gasteiger partial charge in [0.25, 0.3) is 5.69 Å². The van der Waals surface area contributed by atoms with Crippen molar-refractivity contribution in [1.82, 2.24) is 0 Å². The fourth-order valence-corrected chi connectivity index (χ4v) is 4.83. The average Bonchev–Trinajstić information content (AvgIpc) is 2.70. The normalized spacial score (nSPS) is 19.0. The molecule has 14 heteroatoms. The van der Waals surface area contributed by atoms with Gasteiger partial charge in [-0.15, -0.1) is 0 Å². The maximum absolute atomic E-state index is 13.3. The number of nitrogens with zero attached hydrogens (tertiary/aromatic N) is 2. The monoisotopic (exact) mass is 482 g/mol. The van der Waals surface area contributed by atoms with Gasteiger partial charge in [0, 0.05) is 12.6 Å². The molecule has 0 saturated carbocycles. The molecule has 0 radical (unpaired) electrons. The highest BCUT2D eigenvalue weighted by Crippen LogP contribution is 2.54. The molecule has 0 aromatic heterocycles. The second-order valence-corrected chi connectivity index (χ2v) is 9.21. The van der Waals surface area contributed by atoms with Gasteiger partial charge in [-0.3, -0.25) is 24.4 Å². The van der Waals surface area contributed by atoms with E-state index in [0.29, 0.717) is 17.4 Å². The summed E-state index contributed by atoms with van der Waals surface area (Å²) in [6.45, 7) is 3.71. The predicted octanol–water partition coefficient (Wildman–Crippen LogP) is 3.43. The van der Waals surface area contributed by atoms with E-state index in [-0.39, 0.29) is 18.2 Å². The van der Waals surface area contributed by atoms with Crippen LogP contribution in [0, 0.1) is 10.1 Å². The third-order valence-electron chi connectivity index (χ3n) is 4.87. The maximum atomic E-state index is 13.3. The Hall–Kier alpha value is -2.50. The van der Waals surface area contributed by atoms with Crippen LogP contribution in [0.15, 0.2) is 12.1 Å². The first-order valence-corrected chi connectivity index (χ1v) is 11.3. The highest BCUT2D eigenvalue weighted by molar-refractivity contribution is 7.53. The molecule has 0 spiro atoms. The van der Waals surface area contributed by atoms with Crippen LogP contribution in [0.2, 0.25) is 0 Å². The van der Waals surface area contributed by atoms with E-state index in [4.69, 9.17) is 4.52 Å². The molecule has 1 amide bonds. The van der Waals surface area contributed by atoms with Gasteiger partial charge in [0.05, 0.1) is 28.9 Å². The zero-order valence-electron chi connectivity index (χ0n) is 17.4. The van der Waals surface area contributed by atoms with Gasteiger partial charge in [-0.05, 0) is 38.3 Å². The van der Waals surface area contributed by atoms with Gasteiger partial charge in [-0.25, -0.2) is 4.79 Å². The third-order valence-corrected chi connectivity index (χ3v) is 6.80. The van der Waals surface area contributed by atoms with Crippen LogP contribution in [0.25, 0.3) is 0 Å². The second kappa shape index (κ2) is 9.55. The van der Waals surface area contributed by atoms with Gasteiger partial charge in [-0.1, -0.05) is 6.92 Å². The number of nitro groups is 1. The molecule has 0 saturated heterocycles. The highest BCUT2D eigenvalue weighted by Gasteiger charge is 2.46. The summed E-state index contributed by atoms with van der Waals surface area (Å²) in [7, 11) is -4.51. The molecular weight excluding hydrogens is 460 g/mol. The third kappa shape index (κ3) is 5.45. The summed E-state index contributed by atoms with van der Waals surface area (Å²) in [5, 5.41) is 11.5. The number of hydrogen-bond donors (Lipinski definition) is 1. The van der Waals surface area contributed by atoms with Crippen molar-refractivity contribution < 1.29 is 46.4 Å². The Balaban J connectivity index is 2.69. The topological polar surface area (TPSA) is 136 Å². The Morgan fingerprint density at radius 3 is 2.50 bits per heavy atom. The Morgan fingerprint density at radius 1 is 1.38 bits per heavy atom. The first kappa shape index (κ1) is 25.8. The molecule has 1 aromatic rings. The zero-order chi connectivity index (χ0) is 24.4. The van der Waals surface area contributed by atoms with Gasteiger partial charge in [-0.2, -0.15) is 13.2 Å². The Morgan fingerprint density at radius 2 is 2.00 bits per heavy atom. The minimum absolute atomic E-state index is 0.209. The highest BCUT2D eigenvalue weighted by atomic mass is 31.2. The Kier molecular flexibility index (Phi) is 7.69. The van der Waals surface area contributed by atoms with Crippen LogP contribution in [0.4, 0.5) is 24.5 Å². The van der Waals surface area contributed by atoms with Crippen LogP contribution in [-0.2, 0) is 36.0 Å². The minimum atomic E-state index is -4.96. The molecule has 1 aliphatic heterocycles. The number of ether oxygens (including phenoxy) is 1. The Labute approximate surface area is 181 Å². The molecule has 0 bridgehead atoms. The molecule has 2 rings (SSSR count). The molecule has 1 heterocycles. The molecule has 32 heavy (non-hydrogen) atoms. The van der Waals surface area contributed by atoms with E-state index < -0.39 is 72.2 Å². The molecule has 1 aliphatic rings. The van der Waals surface area contributed by atoms with Crippen LogP contribution < -0.4 is 4.90 Å². The van der Waals surface area contributed by atoms with Crippen LogP contribution in [0.3, 0.4) is 0 Å². The summed E-state index contributed by atoms with van der Waals surface area (Å²) in [6.07, 6.45) is -5.81. The fourth-order valence-electron chi connectivity index (χ4n) is 3.19. The number of nitro benzene ring substituents is 1. The molecule has 3 unspecified atom stereocenters. The summed E-state index contributed by atoms with van der Waals surface area (Å²) in [4.78, 5) is 46.0. The van der Waals surface area contributed by atoms with E-state index in [9.17, 15) is 42.3 Å². The van der Waals surface area contributed by atoms with Crippen LogP contribution >= 0.6 is 7.60 Å². The smallest absolute Gasteiger partial charge is 0.416 e. The van der Waals surface area contributed by atoms with E-state index in [0.717, 1.165) is 0 Å². The van der Waals surface area contributed by atoms with Crippen molar-refractivity contribution in [1.29, 1.82) is 0 Å². The molecule has 178 valence electrons. The lowest BCUT2D eigenvalue weighted by Crippen LogP contribution is -2.46. The molecule has 3 atom stereocenters. The number of amides is 1. The van der Waals surface area contributed by atoms with Gasteiger partial charge in [0.15, 0.2) is 0 Å². The largest absolute Gasteiger partial charge is 0.459 e. The molecule has 0 fully saturated rings. The van der Waals surface area contributed by atoms with E-state index in [1.165, 1.54) is 13.8 Å². The number of fused-ring (bicyclic) bond motifs is 1. The second-order valence-electron chi connectivity index (χ2n) is 7.14. The van der Waals surface area contributed by atoms with Crippen molar-refractivity contribution in [2.24, 2.45) is 0 Å². The number of halogens is 3. The standard InChI is InChI=1S/C18H22F3N2O8P/c1-4-10(3)31-32(28,29)13-7-11-6-12(18(19,20)21)8-14(23(26)27)15(11)22(9-13)16(24)17(25)30-5-2/h6,8,10,13H,4-5,7,9H2,1-3H3,(H,28,29). The lowest BCUT2D eigenvalue weighted by Gasteiger charge is -2.35. The number of carbonyl (C=O) groups excluding carboxylic acids is 2. The number of hydrogen-bond acceptors (Lipinski definition) is 7. The van der Waals surface area contributed by atoms with Crippen LogP contribution in [0.1, 0.15) is 38.3 Å². The molecule has 1 N–H and O–H groups in total. The minimum Gasteiger partial charge on any atom is -0.459 e. The Bertz CT molecular complexity index is 968. The van der Waals surface area contributed by atoms with Crippen molar-refractivity contribution in [3.63, 3.8) is 0 Å². The van der Waals surface area contributed by atoms with E-state index in [2.05, 4.69) is 4.74 Å². The van der Waals surface area contributed by atoms with E-state index >= 15 is 0 Å². The SMILES string of the molecule is CCOC(=O)C(=O)N1CC(P(=O)(O)OC(C)CC)Cc2cc(C(F)(F)F)cc([N+](=O)[O-])c21. The zero-order valence-corrected chi connectivity index (χ0v) is 18.3. The number of esters is 1. The summed E-state index contributed by atoms with van der Waals surface area (Å²) in [5.74, 6) is -2.83. The summed E-state index contributed by atoms with van der Waals surface area (Å²) in [5.41, 5.74) is -4.81. The van der Waals surface area contributed by atoms with Gasteiger partial charge >= 0.3 is 25.6 Å². The summed E-state index contributed by atoms with van der Waals surface area (Å²) < 4.78 is 62.6. The molecule has 10 nitrogen and oxygen atoms in total. The lowest BCUT2D eigenvalue weighted by atomic mass is 9.96. The quantitative estimate of drug-likeness (QED) is 0.214. The van der Waals surface area contributed by atoms with Crippen LogP contribution in [0.5, 0.6) is 0 Å². The van der Waals surface area contributed by atoms with Gasteiger partial charge in [0.2, 0.25) is 0 Å². The van der Waals surface area contributed by atoms with Crippen molar-refractivity contribution in [3.8, 4) is 0 Å². The van der Waals surface area contributed by atoms with Gasteiger partial charge < -0.3 is 14.2 Å². The number of carbonyl (C=O) groups is 2. The van der Waals surface area contributed by atoms with Crippen LogP contribution in [-0.4, -0.2) is 46.6 Å². The first-order chi connectivity index (χ1) is 14.7. The van der Waals surface area contributed by atoms with Crippen molar-refractivity contribution >= 4 is 30.8 Å². The number of benzene rings is 1. The molecule has 1 aromatic carbocycles. The summed E-state index contributed by atoms with van der Waals surface area (Å²) in [6, 6.07) is 0.808.